The second kappa shape index (κ2) is 40.0. The number of aliphatic hydroxyl groups is 8. The van der Waals surface area contributed by atoms with Crippen molar-refractivity contribution in [2.24, 2.45) is 0 Å². The summed E-state index contributed by atoms with van der Waals surface area (Å²) in [5.41, 5.74) is 3.56. The maximum atomic E-state index is 14.6. The average Bonchev–Trinajstić information content (AvgIpc) is 1.51. The molecule has 574 valence electrons. The van der Waals surface area contributed by atoms with Crippen LogP contribution in [0.15, 0.2) is 103 Å². The summed E-state index contributed by atoms with van der Waals surface area (Å²) in [5.74, 6) is -2.56. The number of ether oxygens (including phenoxy) is 11. The van der Waals surface area contributed by atoms with E-state index in [1.807, 2.05) is 24.3 Å². The van der Waals surface area contributed by atoms with E-state index in [1.54, 1.807) is 60.7 Å². The van der Waals surface area contributed by atoms with Gasteiger partial charge < -0.3 is 113 Å². The molecule has 32 heteroatoms. The first-order valence-corrected chi connectivity index (χ1v) is 35.9. The van der Waals surface area contributed by atoms with Crippen LogP contribution in [-0.4, -0.2) is 286 Å². The van der Waals surface area contributed by atoms with Gasteiger partial charge in [-0.3, -0.25) is 33.7 Å². The fraction of sp³-hybridized carbons (Fsp3) is 0.486. The van der Waals surface area contributed by atoms with Crippen LogP contribution in [0.2, 0.25) is 0 Å². The molecule has 0 aliphatic carbocycles. The number of alkyl halides is 2. The zero-order chi connectivity index (χ0) is 75.2. The van der Waals surface area contributed by atoms with E-state index in [0.717, 1.165) is 16.0 Å². The van der Waals surface area contributed by atoms with Gasteiger partial charge in [-0.15, -0.1) is 23.2 Å². The number of anilines is 3. The van der Waals surface area contributed by atoms with Gasteiger partial charge in [-0.2, -0.15) is 0 Å². The number of aliphatic hydroxyl groups excluding tert-OH is 8. The van der Waals surface area contributed by atoms with Crippen LogP contribution < -0.4 is 29.9 Å². The highest BCUT2D eigenvalue weighted by Gasteiger charge is 2.47. The van der Waals surface area contributed by atoms with Crippen molar-refractivity contribution < 1.29 is 122 Å². The Balaban J connectivity index is 0.716. The number of hydrogen-bond donors (Lipinski definition) is 10. The number of fused-ring (bicyclic) bond motifs is 6. The van der Waals surface area contributed by atoms with E-state index in [0.29, 0.717) is 104 Å². The van der Waals surface area contributed by atoms with E-state index in [9.17, 15) is 69.6 Å². The van der Waals surface area contributed by atoms with Gasteiger partial charge in [0.1, 0.15) is 60.3 Å². The topological polar surface area (TPSA) is 400 Å². The summed E-state index contributed by atoms with van der Waals surface area (Å²) in [6, 6.07) is 22.6. The zero-order valence-electron chi connectivity index (χ0n) is 58.0. The standard InChI is InChI=1S/C74H89Cl2N5O25/c75-38-46-40-80(53-36-55(48-5-1-3-7-50(48)65(46)53)103-73-71(94)69(92)67(90)57(42-82)105-73)63(88)13-10-44-9-11-45(12-14-64(89)81-41-47(39-76)66-51-8-4-2-6-49(51)56(37-54(66)81)104-74-72(95)70(93)68(91)58(43-83)106-74)52(35-44)78-60(85)18-21-96-23-25-98-27-29-100-31-33-102-34-32-101-30-28-99-26-24-97-22-19-77-59(84)17-20-79-61(86)15-16-62(79)87/h1-16,35-37,46-47,57-58,67-74,82-83,90-95H,17-34,38-43H2,(H,77,84)(H,78,85)/b13-10+,14-12+/t46-,47-,57-,58-,67+,68+,69+,70+,71-,72-,73-,74-/m1/s1. The highest BCUT2D eigenvalue weighted by Crippen LogP contribution is 2.48. The number of benzene rings is 5. The van der Waals surface area contributed by atoms with Gasteiger partial charge in [0.25, 0.3) is 23.6 Å². The van der Waals surface area contributed by atoms with Crippen molar-refractivity contribution in [3.05, 3.63) is 125 Å². The summed E-state index contributed by atoms with van der Waals surface area (Å²) in [4.78, 5) is 82.0. The Morgan fingerprint density at radius 3 is 1.37 bits per heavy atom. The maximum absolute atomic E-state index is 14.6. The zero-order valence-corrected chi connectivity index (χ0v) is 59.5. The first-order valence-electron chi connectivity index (χ1n) is 34.9. The molecule has 0 spiro atoms. The Bertz CT molecular complexity index is 3900. The van der Waals surface area contributed by atoms with Crippen molar-refractivity contribution in [2.75, 3.05) is 159 Å². The Labute approximate surface area is 620 Å². The van der Waals surface area contributed by atoms with E-state index in [-0.39, 0.29) is 119 Å². The molecule has 0 saturated carbocycles. The van der Waals surface area contributed by atoms with Gasteiger partial charge in [-0.1, -0.05) is 60.7 Å². The van der Waals surface area contributed by atoms with Crippen molar-refractivity contribution in [3.8, 4) is 11.5 Å². The first kappa shape index (κ1) is 80.9. The monoisotopic (exact) mass is 1520 g/mol. The minimum absolute atomic E-state index is 0.00785. The number of carbonyl (C=O) groups excluding carboxylic acids is 6. The van der Waals surface area contributed by atoms with Crippen LogP contribution in [0.3, 0.4) is 0 Å². The largest absolute Gasteiger partial charge is 0.461 e. The van der Waals surface area contributed by atoms with E-state index in [4.69, 9.17) is 75.3 Å². The predicted molar refractivity (Wildman–Crippen MR) is 385 cm³/mol. The smallest absolute Gasteiger partial charge is 0.253 e. The Hall–Kier alpha value is -7.64. The van der Waals surface area contributed by atoms with E-state index < -0.39 is 104 Å². The lowest BCUT2D eigenvalue weighted by molar-refractivity contribution is -0.277. The second-order valence-corrected chi connectivity index (χ2v) is 25.9. The quantitative estimate of drug-likeness (QED) is 0.0116. The number of halogens is 2. The van der Waals surface area contributed by atoms with Crippen LogP contribution in [-0.2, 0) is 71.4 Å². The van der Waals surface area contributed by atoms with Gasteiger partial charge in [0.05, 0.1) is 124 Å². The third-order valence-electron chi connectivity index (χ3n) is 18.3. The molecule has 0 unspecified atom stereocenters. The average molecular weight is 1520 g/mol. The minimum Gasteiger partial charge on any atom is -0.461 e. The summed E-state index contributed by atoms with van der Waals surface area (Å²) in [7, 11) is 0. The summed E-state index contributed by atoms with van der Waals surface area (Å²) < 4.78 is 62.8. The van der Waals surface area contributed by atoms with Gasteiger partial charge >= 0.3 is 0 Å². The van der Waals surface area contributed by atoms with Crippen molar-refractivity contribution in [1.29, 1.82) is 0 Å². The van der Waals surface area contributed by atoms with Crippen molar-refractivity contribution in [2.45, 2.75) is 86.1 Å². The molecule has 0 bridgehead atoms. The van der Waals surface area contributed by atoms with E-state index >= 15 is 0 Å². The molecular formula is C74H89Cl2N5O25. The molecule has 5 heterocycles. The van der Waals surface area contributed by atoms with E-state index in [1.165, 1.54) is 40.2 Å². The van der Waals surface area contributed by atoms with Gasteiger partial charge in [-0.05, 0) is 51.2 Å². The van der Waals surface area contributed by atoms with Crippen molar-refractivity contribution in [3.63, 3.8) is 0 Å². The fourth-order valence-electron chi connectivity index (χ4n) is 12.7. The number of nitrogens with zero attached hydrogens (tertiary/aromatic N) is 3. The number of nitrogens with one attached hydrogen (secondary N) is 2. The van der Waals surface area contributed by atoms with Crippen LogP contribution in [0.4, 0.5) is 17.1 Å². The molecule has 5 aromatic carbocycles. The lowest BCUT2D eigenvalue weighted by atomic mass is 9.95. The Morgan fingerprint density at radius 1 is 0.500 bits per heavy atom. The molecule has 6 amide bonds. The van der Waals surface area contributed by atoms with Crippen molar-refractivity contribution in [1.82, 2.24) is 10.2 Å². The van der Waals surface area contributed by atoms with Crippen LogP contribution >= 0.6 is 23.2 Å². The van der Waals surface area contributed by atoms with Gasteiger partial charge in [0.2, 0.25) is 24.4 Å². The van der Waals surface area contributed by atoms with Gasteiger partial charge in [-0.25, -0.2) is 0 Å². The molecule has 5 aliphatic heterocycles. The first-order chi connectivity index (χ1) is 51.4. The molecule has 30 nitrogen and oxygen atoms in total. The number of imide groups is 1. The Morgan fingerprint density at radius 2 is 0.925 bits per heavy atom. The molecular weight excluding hydrogens is 1430 g/mol. The number of hydrogen-bond acceptors (Lipinski definition) is 25. The Kier molecular flexibility index (Phi) is 30.5. The molecule has 0 radical (unpaired) electrons. The third kappa shape index (κ3) is 20.6. The lowest BCUT2D eigenvalue weighted by Crippen LogP contribution is -2.60. The molecule has 2 saturated heterocycles. The highest BCUT2D eigenvalue weighted by atomic mass is 35.5. The lowest BCUT2D eigenvalue weighted by Gasteiger charge is -2.39. The maximum Gasteiger partial charge on any atom is 0.253 e. The SMILES string of the molecule is O=C(CCN1C(=O)C=CC1=O)NCCOCCOCCOCCOCCOCCOCCOCCC(=O)Nc1cc(/C=C/C(=O)N2C[C@@H](CCl)c3c2cc(O[C@@H]2O[C@H](CO)[C@H](O)[C@H](O)[C@H]2O)c2ccccc32)ccc1/C=C/C(=O)N1C[C@@H](CCl)c2c1cc(O[C@@H]1O[C@H](CO)[C@H](O)[C@H](O)[C@H]1O)c1ccccc21. The van der Waals surface area contributed by atoms with Gasteiger partial charge in [0.15, 0.2) is 0 Å². The van der Waals surface area contributed by atoms with Crippen molar-refractivity contribution >= 4 is 109 Å². The molecule has 5 aliphatic rings. The molecule has 2 fully saturated rings. The number of amides is 6. The molecule has 0 aromatic heterocycles. The summed E-state index contributed by atoms with van der Waals surface area (Å²) in [6.45, 7) is 3.34. The molecule has 10 N–H and O–H groups in total. The molecule has 5 aromatic rings. The highest BCUT2D eigenvalue weighted by molar-refractivity contribution is 6.20. The molecule has 12 atom stereocenters. The van der Waals surface area contributed by atoms with E-state index in [2.05, 4.69) is 10.6 Å². The second-order valence-electron chi connectivity index (χ2n) is 25.3. The number of rotatable bonds is 40. The van der Waals surface area contributed by atoms with Crippen LogP contribution in [0.25, 0.3) is 33.7 Å². The summed E-state index contributed by atoms with van der Waals surface area (Å²) in [5, 5.41) is 91.9. The molecule has 106 heavy (non-hydrogen) atoms. The summed E-state index contributed by atoms with van der Waals surface area (Å²) >= 11 is 13.2. The fourth-order valence-corrected chi connectivity index (χ4v) is 13.2. The summed E-state index contributed by atoms with van der Waals surface area (Å²) in [6.07, 6.45) is -7.54. The normalized spacial score (nSPS) is 23.6. The third-order valence-corrected chi connectivity index (χ3v) is 19.0. The van der Waals surface area contributed by atoms with Crippen LogP contribution in [0, 0.1) is 0 Å². The number of carbonyl (C=O) groups is 6. The van der Waals surface area contributed by atoms with Crippen LogP contribution in [0.5, 0.6) is 11.5 Å². The van der Waals surface area contributed by atoms with Crippen LogP contribution in [0.1, 0.15) is 46.9 Å². The molecule has 10 rings (SSSR count). The predicted octanol–water partition coefficient (Wildman–Crippen LogP) is 1.99. The minimum atomic E-state index is -1.72. The van der Waals surface area contributed by atoms with Gasteiger partial charge in [0, 0.05) is 109 Å².